The summed E-state index contributed by atoms with van der Waals surface area (Å²) in [6.07, 6.45) is 1.72. The van der Waals surface area contributed by atoms with Crippen LogP contribution in [0.1, 0.15) is 6.92 Å². The van der Waals surface area contributed by atoms with Crippen LogP contribution in [-0.2, 0) is 0 Å². The minimum atomic E-state index is -0.572. The summed E-state index contributed by atoms with van der Waals surface area (Å²) in [5.41, 5.74) is 0.697. The molecule has 20 heavy (non-hydrogen) atoms. The fourth-order valence-corrected chi connectivity index (χ4v) is 2.06. The van der Waals surface area contributed by atoms with Gasteiger partial charge in [0.2, 0.25) is 0 Å². The Bertz CT molecular complexity index is 848. The first-order valence-electron chi connectivity index (χ1n) is 6.28. The van der Waals surface area contributed by atoms with Gasteiger partial charge in [-0.15, -0.1) is 0 Å². The van der Waals surface area contributed by atoms with Crippen LogP contribution >= 0.6 is 0 Å². The Morgan fingerprint density at radius 2 is 2.05 bits per heavy atom. The minimum absolute atomic E-state index is 0.115. The third kappa shape index (κ3) is 1.93. The van der Waals surface area contributed by atoms with Crippen molar-refractivity contribution in [2.24, 2.45) is 0 Å². The number of pyridine rings is 1. The predicted molar refractivity (Wildman–Crippen MR) is 77.5 cm³/mol. The van der Waals surface area contributed by atoms with E-state index in [1.165, 1.54) is 0 Å². The highest BCUT2D eigenvalue weighted by molar-refractivity contribution is 5.84. The normalized spacial score (nSPS) is 10.8. The molecular weight excluding hydrogens is 256 g/mol. The zero-order chi connectivity index (χ0) is 14.1. The summed E-state index contributed by atoms with van der Waals surface area (Å²) in [5, 5.41) is 3.89. The van der Waals surface area contributed by atoms with Crippen LogP contribution < -0.4 is 20.9 Å². The highest BCUT2D eigenvalue weighted by Gasteiger charge is 2.22. The second-order valence-electron chi connectivity index (χ2n) is 4.33. The fourth-order valence-electron chi connectivity index (χ4n) is 2.06. The number of hydrogen-bond acceptors (Lipinski definition) is 5. The maximum Gasteiger partial charge on any atom is 0.272 e. The molecule has 0 saturated heterocycles. The minimum Gasteiger partial charge on any atom is -0.488 e. The molecule has 0 aliphatic carbocycles. The molecule has 0 atom stereocenters. The monoisotopic (exact) mass is 268 g/mol. The largest absolute Gasteiger partial charge is 0.488 e. The molecule has 0 unspecified atom stereocenters. The van der Waals surface area contributed by atoms with E-state index in [-0.39, 0.29) is 11.4 Å². The van der Waals surface area contributed by atoms with E-state index in [2.05, 4.69) is 10.3 Å². The highest BCUT2D eigenvalue weighted by Crippen LogP contribution is 2.24. The number of anilines is 2. The van der Waals surface area contributed by atoms with E-state index in [1.54, 1.807) is 13.1 Å². The Hall–Kier alpha value is -2.69. The highest BCUT2D eigenvalue weighted by atomic mass is 16.5. The molecule has 3 rings (SSSR count). The maximum absolute atomic E-state index is 11.6. The molecule has 5 heteroatoms. The molecule has 1 N–H and O–H groups in total. The molecule has 0 spiro atoms. The SMILES string of the molecule is CCOc1c(Nc2ccc3ncccc3c2)c(=O)c1=O. The van der Waals surface area contributed by atoms with Gasteiger partial charge in [-0.3, -0.25) is 14.6 Å². The number of nitrogens with zero attached hydrogens (tertiary/aromatic N) is 1. The zero-order valence-corrected chi connectivity index (χ0v) is 10.8. The van der Waals surface area contributed by atoms with Crippen LogP contribution in [0.15, 0.2) is 46.1 Å². The zero-order valence-electron chi connectivity index (χ0n) is 10.8. The van der Waals surface area contributed by atoms with Gasteiger partial charge in [-0.25, -0.2) is 0 Å². The van der Waals surface area contributed by atoms with E-state index in [1.807, 2.05) is 30.3 Å². The van der Waals surface area contributed by atoms with Gasteiger partial charge in [0.1, 0.15) is 5.69 Å². The van der Waals surface area contributed by atoms with Crippen LogP contribution in [0.25, 0.3) is 10.9 Å². The van der Waals surface area contributed by atoms with Gasteiger partial charge < -0.3 is 10.1 Å². The van der Waals surface area contributed by atoms with Crippen LogP contribution in [0, 0.1) is 0 Å². The Kier molecular flexibility index (Phi) is 2.95. The van der Waals surface area contributed by atoms with Crippen LogP contribution in [0.2, 0.25) is 0 Å². The number of ether oxygens (including phenoxy) is 1. The molecule has 3 aromatic rings. The summed E-state index contributed by atoms with van der Waals surface area (Å²) in [5.74, 6) is 0.115. The van der Waals surface area contributed by atoms with Crippen molar-refractivity contribution in [3.8, 4) is 5.75 Å². The molecule has 1 aromatic heterocycles. The summed E-state index contributed by atoms with van der Waals surface area (Å²) in [6.45, 7) is 2.11. The van der Waals surface area contributed by atoms with Gasteiger partial charge >= 0.3 is 0 Å². The van der Waals surface area contributed by atoms with Crippen molar-refractivity contribution in [1.29, 1.82) is 0 Å². The van der Waals surface area contributed by atoms with Gasteiger partial charge in [0.25, 0.3) is 10.9 Å². The molecule has 0 aliphatic heterocycles. The second-order valence-corrected chi connectivity index (χ2v) is 4.33. The molecule has 0 fully saturated rings. The molecule has 5 nitrogen and oxygen atoms in total. The Morgan fingerprint density at radius 1 is 1.20 bits per heavy atom. The van der Waals surface area contributed by atoms with Gasteiger partial charge in [-0.2, -0.15) is 0 Å². The van der Waals surface area contributed by atoms with E-state index in [4.69, 9.17) is 4.74 Å². The van der Waals surface area contributed by atoms with Gasteiger partial charge in [0.05, 0.1) is 12.1 Å². The number of hydrogen-bond donors (Lipinski definition) is 1. The number of nitrogens with one attached hydrogen (secondary N) is 1. The molecular formula is C15H12N2O3. The van der Waals surface area contributed by atoms with E-state index in [0.29, 0.717) is 6.61 Å². The van der Waals surface area contributed by atoms with Gasteiger partial charge in [-0.05, 0) is 31.2 Å². The van der Waals surface area contributed by atoms with Gasteiger partial charge in [0, 0.05) is 17.3 Å². The maximum atomic E-state index is 11.6. The second kappa shape index (κ2) is 4.77. The topological polar surface area (TPSA) is 68.3 Å². The third-order valence-electron chi connectivity index (χ3n) is 3.03. The molecule has 0 radical (unpaired) electrons. The van der Waals surface area contributed by atoms with Crippen molar-refractivity contribution in [3.05, 3.63) is 57.0 Å². The quantitative estimate of drug-likeness (QED) is 0.733. The fraction of sp³-hybridized carbons (Fsp3) is 0.133. The number of fused-ring (bicyclic) bond motifs is 1. The lowest BCUT2D eigenvalue weighted by molar-refractivity contribution is 0.335. The number of benzene rings is 1. The predicted octanol–water partition coefficient (Wildman–Crippen LogP) is 1.97. The first-order valence-corrected chi connectivity index (χ1v) is 6.28. The first kappa shape index (κ1) is 12.3. The van der Waals surface area contributed by atoms with Crippen LogP contribution in [0.5, 0.6) is 5.75 Å². The molecule has 0 bridgehead atoms. The van der Waals surface area contributed by atoms with Crippen LogP contribution in [-0.4, -0.2) is 11.6 Å². The lowest BCUT2D eigenvalue weighted by atomic mass is 10.1. The molecule has 0 saturated carbocycles. The summed E-state index contributed by atoms with van der Waals surface area (Å²) in [6, 6.07) is 9.30. The van der Waals surface area contributed by atoms with Gasteiger partial charge in [0.15, 0.2) is 5.75 Å². The number of aromatic nitrogens is 1. The first-order chi connectivity index (χ1) is 9.70. The lowest BCUT2D eigenvalue weighted by Crippen LogP contribution is -2.35. The van der Waals surface area contributed by atoms with Crippen molar-refractivity contribution in [2.75, 3.05) is 11.9 Å². The van der Waals surface area contributed by atoms with Gasteiger partial charge in [-0.1, -0.05) is 6.07 Å². The Labute approximate surface area is 114 Å². The van der Waals surface area contributed by atoms with Crippen molar-refractivity contribution >= 4 is 22.3 Å². The molecule has 2 aromatic carbocycles. The summed E-state index contributed by atoms with van der Waals surface area (Å²) < 4.78 is 5.17. The number of rotatable bonds is 4. The van der Waals surface area contributed by atoms with E-state index in [9.17, 15) is 9.59 Å². The lowest BCUT2D eigenvalue weighted by Gasteiger charge is -2.13. The molecule has 1 heterocycles. The standard InChI is InChI=1S/C15H12N2O3/c1-2-20-15-12(13(18)14(15)19)17-10-5-6-11-9(8-10)4-3-7-16-11/h3-8,17H,2H2,1H3. The Morgan fingerprint density at radius 3 is 2.85 bits per heavy atom. The molecule has 0 aliphatic rings. The van der Waals surface area contributed by atoms with E-state index in [0.717, 1.165) is 16.6 Å². The smallest absolute Gasteiger partial charge is 0.272 e. The summed E-state index contributed by atoms with van der Waals surface area (Å²) in [7, 11) is 0. The molecule has 100 valence electrons. The third-order valence-corrected chi connectivity index (χ3v) is 3.03. The summed E-state index contributed by atoms with van der Waals surface area (Å²) >= 11 is 0. The average molecular weight is 268 g/mol. The Balaban J connectivity index is 1.96. The molecule has 0 amide bonds. The van der Waals surface area contributed by atoms with Crippen molar-refractivity contribution in [3.63, 3.8) is 0 Å². The average Bonchev–Trinajstić information content (AvgIpc) is 2.50. The van der Waals surface area contributed by atoms with Crippen LogP contribution in [0.3, 0.4) is 0 Å². The summed E-state index contributed by atoms with van der Waals surface area (Å²) in [4.78, 5) is 27.2. The van der Waals surface area contributed by atoms with E-state index >= 15 is 0 Å². The van der Waals surface area contributed by atoms with Crippen molar-refractivity contribution in [1.82, 2.24) is 4.98 Å². The van der Waals surface area contributed by atoms with Crippen molar-refractivity contribution in [2.45, 2.75) is 6.92 Å². The van der Waals surface area contributed by atoms with Crippen molar-refractivity contribution < 1.29 is 4.74 Å². The van der Waals surface area contributed by atoms with Crippen LogP contribution in [0.4, 0.5) is 11.4 Å². The van der Waals surface area contributed by atoms with E-state index < -0.39 is 10.9 Å².